The van der Waals surface area contributed by atoms with E-state index in [0.717, 1.165) is 34.8 Å². The zero-order valence-electron chi connectivity index (χ0n) is 15.8. The molecule has 3 rings (SSSR count). The number of nitrogens with zero attached hydrogens (tertiary/aromatic N) is 3. The van der Waals surface area contributed by atoms with Crippen molar-refractivity contribution in [3.05, 3.63) is 54.9 Å². The number of thiophene rings is 1. The number of nitrogens with one attached hydrogen (secondary N) is 1. The van der Waals surface area contributed by atoms with E-state index >= 15 is 0 Å². The average Bonchev–Trinajstić information content (AvgIpc) is 3.28. The molecule has 3 aromatic heterocycles. The standard InChI is InChI=1S/C19H24N4OS2/c1-6-15-11(2)17(23(5)22-15)18(24)21-16(9-14-7-8-25-10-14)19-20-12(3)13(4)26-19/h7-8,10,16H,6,9H2,1-5H3,(H,21,24)/t16-/m1/s1. The van der Waals surface area contributed by atoms with E-state index in [2.05, 4.69) is 46.1 Å². The van der Waals surface area contributed by atoms with E-state index < -0.39 is 0 Å². The maximum absolute atomic E-state index is 13.0. The van der Waals surface area contributed by atoms with Gasteiger partial charge in [-0.2, -0.15) is 16.4 Å². The molecule has 0 aliphatic carbocycles. The van der Waals surface area contributed by atoms with Gasteiger partial charge in [-0.25, -0.2) is 4.98 Å². The largest absolute Gasteiger partial charge is 0.341 e. The first-order chi connectivity index (χ1) is 12.4. The van der Waals surface area contributed by atoms with Crippen LogP contribution in [0.5, 0.6) is 0 Å². The number of thiazole rings is 1. The van der Waals surface area contributed by atoms with Crippen LogP contribution in [0.25, 0.3) is 0 Å². The van der Waals surface area contributed by atoms with Crippen LogP contribution in [-0.4, -0.2) is 20.7 Å². The van der Waals surface area contributed by atoms with Gasteiger partial charge in [0, 0.05) is 23.9 Å². The first-order valence-corrected chi connectivity index (χ1v) is 10.4. The van der Waals surface area contributed by atoms with Crippen LogP contribution < -0.4 is 5.32 Å². The smallest absolute Gasteiger partial charge is 0.270 e. The quantitative estimate of drug-likeness (QED) is 0.690. The van der Waals surface area contributed by atoms with Gasteiger partial charge in [0.2, 0.25) is 0 Å². The number of hydrogen-bond acceptors (Lipinski definition) is 5. The Morgan fingerprint density at radius 2 is 2.12 bits per heavy atom. The van der Waals surface area contributed by atoms with Crippen molar-refractivity contribution in [2.45, 2.75) is 46.6 Å². The molecule has 0 saturated carbocycles. The van der Waals surface area contributed by atoms with Crippen molar-refractivity contribution in [1.29, 1.82) is 0 Å². The molecule has 7 heteroatoms. The summed E-state index contributed by atoms with van der Waals surface area (Å²) in [5, 5.41) is 12.8. The average molecular weight is 389 g/mol. The van der Waals surface area contributed by atoms with Crippen LogP contribution in [0, 0.1) is 20.8 Å². The Morgan fingerprint density at radius 3 is 2.65 bits per heavy atom. The van der Waals surface area contributed by atoms with E-state index in [9.17, 15) is 4.79 Å². The summed E-state index contributed by atoms with van der Waals surface area (Å²) in [6, 6.07) is 1.95. The summed E-state index contributed by atoms with van der Waals surface area (Å²) in [4.78, 5) is 18.9. The van der Waals surface area contributed by atoms with Gasteiger partial charge in [0.05, 0.1) is 17.4 Å². The van der Waals surface area contributed by atoms with Gasteiger partial charge in [0.15, 0.2) is 0 Å². The maximum Gasteiger partial charge on any atom is 0.270 e. The molecular weight excluding hydrogens is 364 g/mol. The predicted octanol–water partition coefficient (Wildman–Crippen LogP) is 4.14. The van der Waals surface area contributed by atoms with Gasteiger partial charge < -0.3 is 5.32 Å². The Morgan fingerprint density at radius 1 is 1.35 bits per heavy atom. The SMILES string of the molecule is CCc1nn(C)c(C(=O)N[C@H](Cc2ccsc2)c2nc(C)c(C)s2)c1C. The summed E-state index contributed by atoms with van der Waals surface area (Å²) < 4.78 is 1.68. The van der Waals surface area contributed by atoms with Crippen LogP contribution in [0.2, 0.25) is 0 Å². The number of aryl methyl sites for hydroxylation is 4. The Balaban J connectivity index is 1.90. The lowest BCUT2D eigenvalue weighted by Gasteiger charge is -2.16. The van der Waals surface area contributed by atoms with E-state index in [-0.39, 0.29) is 11.9 Å². The molecule has 5 nitrogen and oxygen atoms in total. The summed E-state index contributed by atoms with van der Waals surface area (Å²) in [6.45, 7) is 8.10. The van der Waals surface area contributed by atoms with Gasteiger partial charge in [-0.05, 0) is 49.6 Å². The lowest BCUT2D eigenvalue weighted by Crippen LogP contribution is -2.31. The third kappa shape index (κ3) is 3.73. The molecule has 1 atom stereocenters. The van der Waals surface area contributed by atoms with E-state index in [0.29, 0.717) is 5.69 Å². The summed E-state index contributed by atoms with van der Waals surface area (Å²) in [7, 11) is 1.83. The van der Waals surface area contributed by atoms with E-state index in [4.69, 9.17) is 0 Å². The lowest BCUT2D eigenvalue weighted by molar-refractivity contribution is 0.0926. The number of carbonyl (C=O) groups excluding carboxylic acids is 1. The third-order valence-corrected chi connectivity index (χ3v) is 6.52. The predicted molar refractivity (Wildman–Crippen MR) is 107 cm³/mol. The highest BCUT2D eigenvalue weighted by molar-refractivity contribution is 7.11. The minimum absolute atomic E-state index is 0.0945. The minimum atomic E-state index is -0.145. The van der Waals surface area contributed by atoms with Crippen LogP contribution in [0.3, 0.4) is 0 Å². The molecule has 0 radical (unpaired) electrons. The van der Waals surface area contributed by atoms with Crippen molar-refractivity contribution < 1.29 is 4.79 Å². The summed E-state index contributed by atoms with van der Waals surface area (Å²) in [5.41, 5.74) is 4.78. The van der Waals surface area contributed by atoms with E-state index in [1.54, 1.807) is 27.4 Å². The Bertz CT molecular complexity index is 889. The lowest BCUT2D eigenvalue weighted by atomic mass is 10.1. The molecule has 138 valence electrons. The van der Waals surface area contributed by atoms with Gasteiger partial charge in [-0.1, -0.05) is 6.92 Å². The molecule has 0 aromatic carbocycles. The molecule has 26 heavy (non-hydrogen) atoms. The summed E-state index contributed by atoms with van der Waals surface area (Å²) >= 11 is 3.32. The fourth-order valence-electron chi connectivity index (χ4n) is 3.06. The molecule has 3 aromatic rings. The first-order valence-electron chi connectivity index (χ1n) is 8.69. The van der Waals surface area contributed by atoms with Crippen LogP contribution in [0.4, 0.5) is 0 Å². The number of rotatable bonds is 6. The van der Waals surface area contributed by atoms with E-state index in [1.807, 2.05) is 20.9 Å². The fourth-order valence-corrected chi connectivity index (χ4v) is 4.71. The van der Waals surface area contributed by atoms with Gasteiger partial charge in [0.25, 0.3) is 5.91 Å². The highest BCUT2D eigenvalue weighted by atomic mass is 32.1. The molecular formula is C19H24N4OS2. The molecule has 1 N–H and O–H groups in total. The molecule has 0 unspecified atom stereocenters. The van der Waals surface area contributed by atoms with Gasteiger partial charge in [-0.3, -0.25) is 9.48 Å². The van der Waals surface area contributed by atoms with Gasteiger partial charge in [-0.15, -0.1) is 11.3 Å². The zero-order valence-corrected chi connectivity index (χ0v) is 17.4. The Kier molecular flexibility index (Phi) is 5.58. The second-order valence-corrected chi connectivity index (χ2v) is 8.47. The van der Waals surface area contributed by atoms with Crippen LogP contribution in [-0.2, 0) is 19.9 Å². The molecule has 0 saturated heterocycles. The number of carbonyl (C=O) groups is 1. The van der Waals surface area contributed by atoms with Crippen molar-refractivity contribution in [2.24, 2.45) is 7.05 Å². The highest BCUT2D eigenvalue weighted by Gasteiger charge is 2.24. The van der Waals surface area contributed by atoms with Crippen LogP contribution in [0.15, 0.2) is 16.8 Å². The van der Waals surface area contributed by atoms with Crippen LogP contribution in [0.1, 0.15) is 55.9 Å². The number of aromatic nitrogens is 3. The fraction of sp³-hybridized carbons (Fsp3) is 0.421. The monoisotopic (exact) mass is 388 g/mol. The normalized spacial score (nSPS) is 12.3. The van der Waals surface area contributed by atoms with Gasteiger partial charge in [0.1, 0.15) is 10.7 Å². The molecule has 0 aliphatic rings. The van der Waals surface area contributed by atoms with Crippen molar-refractivity contribution >= 4 is 28.6 Å². The molecule has 0 spiro atoms. The Hall–Kier alpha value is -1.99. The molecule has 0 bridgehead atoms. The maximum atomic E-state index is 13.0. The third-order valence-electron chi connectivity index (χ3n) is 4.60. The second-order valence-electron chi connectivity index (χ2n) is 6.45. The number of amides is 1. The molecule has 3 heterocycles. The molecule has 1 amide bonds. The van der Waals surface area contributed by atoms with Gasteiger partial charge >= 0.3 is 0 Å². The topological polar surface area (TPSA) is 59.8 Å². The van der Waals surface area contributed by atoms with Crippen molar-refractivity contribution in [3.8, 4) is 0 Å². The zero-order chi connectivity index (χ0) is 18.8. The van der Waals surface area contributed by atoms with E-state index in [1.165, 1.54) is 10.4 Å². The minimum Gasteiger partial charge on any atom is -0.341 e. The first kappa shape index (κ1) is 18.8. The van der Waals surface area contributed by atoms with Crippen molar-refractivity contribution in [3.63, 3.8) is 0 Å². The highest BCUT2D eigenvalue weighted by Crippen LogP contribution is 2.27. The number of hydrogen-bond donors (Lipinski definition) is 1. The summed E-state index contributed by atoms with van der Waals surface area (Å²) in [5.74, 6) is -0.0945. The van der Waals surface area contributed by atoms with Crippen molar-refractivity contribution in [1.82, 2.24) is 20.1 Å². The second kappa shape index (κ2) is 7.72. The van der Waals surface area contributed by atoms with Crippen molar-refractivity contribution in [2.75, 3.05) is 0 Å². The molecule has 0 fully saturated rings. The Labute approximate surface area is 162 Å². The van der Waals surface area contributed by atoms with Crippen LogP contribution >= 0.6 is 22.7 Å². The summed E-state index contributed by atoms with van der Waals surface area (Å²) in [6.07, 6.45) is 1.55. The molecule has 0 aliphatic heterocycles.